The topological polar surface area (TPSA) is 46.6 Å². The molecule has 2 aromatic rings. The molecule has 1 heterocycles. The largest absolute Gasteiger partial charge is 0.378 e. The minimum absolute atomic E-state index is 0.00323. The standard InChI is InChI=1S/C21H23NO3/c1-16-7-5-6-10-18(16)19(21(24)17-8-3-2-4-9-17)15-20(23)22-11-13-25-14-12-22/h2-10,19H,11-15H2,1H3. The summed E-state index contributed by atoms with van der Waals surface area (Å²) in [6.07, 6.45) is 0.193. The first-order valence-electron chi connectivity index (χ1n) is 8.67. The number of hydrogen-bond acceptors (Lipinski definition) is 3. The normalized spacial score (nSPS) is 15.6. The smallest absolute Gasteiger partial charge is 0.223 e. The molecule has 4 heteroatoms. The zero-order chi connectivity index (χ0) is 17.6. The van der Waals surface area contributed by atoms with Gasteiger partial charge in [0, 0.05) is 25.1 Å². The van der Waals surface area contributed by atoms with Gasteiger partial charge in [-0.2, -0.15) is 0 Å². The van der Waals surface area contributed by atoms with Crippen LogP contribution in [-0.2, 0) is 9.53 Å². The Hall–Kier alpha value is -2.46. The molecule has 0 saturated carbocycles. The number of rotatable bonds is 5. The molecule has 1 fully saturated rings. The molecule has 1 amide bonds. The van der Waals surface area contributed by atoms with Gasteiger partial charge in [0.25, 0.3) is 0 Å². The Morgan fingerprint density at radius 3 is 2.32 bits per heavy atom. The summed E-state index contributed by atoms with van der Waals surface area (Å²) in [5, 5.41) is 0. The Balaban J connectivity index is 1.88. The lowest BCUT2D eigenvalue weighted by Crippen LogP contribution is -2.41. The van der Waals surface area contributed by atoms with Gasteiger partial charge < -0.3 is 9.64 Å². The average Bonchev–Trinajstić information content (AvgIpc) is 2.67. The van der Waals surface area contributed by atoms with Gasteiger partial charge >= 0.3 is 0 Å². The van der Waals surface area contributed by atoms with Gasteiger partial charge in [-0.3, -0.25) is 9.59 Å². The average molecular weight is 337 g/mol. The van der Waals surface area contributed by atoms with Crippen LogP contribution in [0, 0.1) is 6.92 Å². The van der Waals surface area contributed by atoms with E-state index in [1.54, 1.807) is 4.90 Å². The van der Waals surface area contributed by atoms with Crippen molar-refractivity contribution in [2.45, 2.75) is 19.3 Å². The quantitative estimate of drug-likeness (QED) is 0.787. The number of carbonyl (C=O) groups is 2. The van der Waals surface area contributed by atoms with E-state index in [2.05, 4.69) is 0 Å². The molecule has 130 valence electrons. The lowest BCUT2D eigenvalue weighted by Gasteiger charge is -2.28. The maximum Gasteiger partial charge on any atom is 0.223 e. The van der Waals surface area contributed by atoms with Gasteiger partial charge in [-0.05, 0) is 18.1 Å². The van der Waals surface area contributed by atoms with Crippen LogP contribution in [0.15, 0.2) is 54.6 Å². The van der Waals surface area contributed by atoms with E-state index < -0.39 is 5.92 Å². The summed E-state index contributed by atoms with van der Waals surface area (Å²) >= 11 is 0. The third-order valence-electron chi connectivity index (χ3n) is 4.68. The van der Waals surface area contributed by atoms with Crippen LogP contribution in [0.4, 0.5) is 0 Å². The SMILES string of the molecule is Cc1ccccc1C(CC(=O)N1CCOCC1)C(=O)c1ccccc1. The first kappa shape index (κ1) is 17.4. The molecule has 1 unspecified atom stereocenters. The number of morpholine rings is 1. The minimum Gasteiger partial charge on any atom is -0.378 e. The van der Waals surface area contributed by atoms with Crippen molar-refractivity contribution in [2.75, 3.05) is 26.3 Å². The lowest BCUT2D eigenvalue weighted by atomic mass is 9.85. The second-order valence-electron chi connectivity index (χ2n) is 6.34. The number of ether oxygens (including phenoxy) is 1. The monoisotopic (exact) mass is 337 g/mol. The van der Waals surface area contributed by atoms with E-state index in [9.17, 15) is 9.59 Å². The van der Waals surface area contributed by atoms with E-state index >= 15 is 0 Å². The number of hydrogen-bond donors (Lipinski definition) is 0. The Labute approximate surface area is 148 Å². The van der Waals surface area contributed by atoms with Crippen molar-refractivity contribution in [2.24, 2.45) is 0 Å². The number of aryl methyl sites for hydroxylation is 1. The molecule has 1 atom stereocenters. The highest BCUT2D eigenvalue weighted by molar-refractivity contribution is 6.03. The van der Waals surface area contributed by atoms with Crippen molar-refractivity contribution in [3.05, 3.63) is 71.3 Å². The molecule has 1 aliphatic heterocycles. The predicted molar refractivity (Wildman–Crippen MR) is 96.7 cm³/mol. The third-order valence-corrected chi connectivity index (χ3v) is 4.68. The minimum atomic E-state index is -0.459. The van der Waals surface area contributed by atoms with Crippen LogP contribution in [-0.4, -0.2) is 42.9 Å². The number of Topliss-reactive ketones (excluding diaryl/α,β-unsaturated/α-hetero) is 1. The summed E-state index contributed by atoms with van der Waals surface area (Å²) in [6.45, 7) is 4.30. The summed E-state index contributed by atoms with van der Waals surface area (Å²) in [5.41, 5.74) is 2.61. The zero-order valence-corrected chi connectivity index (χ0v) is 14.5. The Bertz CT molecular complexity index is 736. The number of nitrogens with zero attached hydrogens (tertiary/aromatic N) is 1. The Morgan fingerprint density at radius 2 is 1.64 bits per heavy atom. The molecular weight excluding hydrogens is 314 g/mol. The molecule has 1 saturated heterocycles. The predicted octanol–water partition coefficient (Wildman–Crippen LogP) is 3.21. The van der Waals surface area contributed by atoms with Gasteiger partial charge in [-0.15, -0.1) is 0 Å². The molecule has 0 N–H and O–H groups in total. The van der Waals surface area contributed by atoms with Crippen LogP contribution in [0.5, 0.6) is 0 Å². The van der Waals surface area contributed by atoms with Crippen LogP contribution >= 0.6 is 0 Å². The molecule has 0 aromatic heterocycles. The van der Waals surface area contributed by atoms with Crippen molar-refractivity contribution in [1.29, 1.82) is 0 Å². The second kappa shape index (κ2) is 8.08. The van der Waals surface area contributed by atoms with Crippen LogP contribution in [0.25, 0.3) is 0 Å². The van der Waals surface area contributed by atoms with Gasteiger partial charge in [0.2, 0.25) is 5.91 Å². The molecule has 2 aromatic carbocycles. The highest BCUT2D eigenvalue weighted by Gasteiger charge is 2.28. The molecule has 0 aliphatic carbocycles. The fourth-order valence-electron chi connectivity index (χ4n) is 3.24. The van der Waals surface area contributed by atoms with Crippen LogP contribution in [0.1, 0.15) is 33.8 Å². The number of carbonyl (C=O) groups excluding carboxylic acids is 2. The Morgan fingerprint density at radius 1 is 1.00 bits per heavy atom. The fraction of sp³-hybridized carbons (Fsp3) is 0.333. The molecule has 0 bridgehead atoms. The van der Waals surface area contributed by atoms with Crippen molar-refractivity contribution >= 4 is 11.7 Å². The highest BCUT2D eigenvalue weighted by atomic mass is 16.5. The van der Waals surface area contributed by atoms with Crippen LogP contribution in [0.3, 0.4) is 0 Å². The van der Waals surface area contributed by atoms with Crippen molar-refractivity contribution in [1.82, 2.24) is 4.90 Å². The van der Waals surface area contributed by atoms with Crippen molar-refractivity contribution < 1.29 is 14.3 Å². The van der Waals surface area contributed by atoms with E-state index in [4.69, 9.17) is 4.74 Å². The maximum absolute atomic E-state index is 13.1. The van der Waals surface area contributed by atoms with Crippen LogP contribution < -0.4 is 0 Å². The maximum atomic E-state index is 13.1. The summed E-state index contributed by atoms with van der Waals surface area (Å²) in [6, 6.07) is 17.0. The van der Waals surface area contributed by atoms with Crippen molar-refractivity contribution in [3.8, 4) is 0 Å². The van der Waals surface area contributed by atoms with Gasteiger partial charge in [-0.25, -0.2) is 0 Å². The van der Waals surface area contributed by atoms with E-state index in [1.165, 1.54) is 0 Å². The second-order valence-corrected chi connectivity index (χ2v) is 6.34. The molecule has 0 spiro atoms. The molecule has 0 radical (unpaired) electrons. The van der Waals surface area contributed by atoms with Gasteiger partial charge in [0.15, 0.2) is 5.78 Å². The molecular formula is C21H23NO3. The summed E-state index contributed by atoms with van der Waals surface area (Å²) in [7, 11) is 0. The highest BCUT2D eigenvalue weighted by Crippen LogP contribution is 2.28. The number of ketones is 1. The third kappa shape index (κ3) is 4.15. The summed E-state index contributed by atoms with van der Waals surface area (Å²) < 4.78 is 5.31. The van der Waals surface area contributed by atoms with Gasteiger partial charge in [-0.1, -0.05) is 54.6 Å². The number of benzene rings is 2. The van der Waals surface area contributed by atoms with Crippen molar-refractivity contribution in [3.63, 3.8) is 0 Å². The summed E-state index contributed by atoms with van der Waals surface area (Å²) in [5.74, 6) is -0.448. The van der Waals surface area contributed by atoms with E-state index in [-0.39, 0.29) is 18.1 Å². The van der Waals surface area contributed by atoms with E-state index in [0.717, 1.165) is 11.1 Å². The Kier molecular flexibility index (Phi) is 5.61. The lowest BCUT2D eigenvalue weighted by molar-refractivity contribution is -0.135. The van der Waals surface area contributed by atoms with E-state index in [1.807, 2.05) is 61.5 Å². The fourth-order valence-corrected chi connectivity index (χ4v) is 3.24. The van der Waals surface area contributed by atoms with Crippen LogP contribution in [0.2, 0.25) is 0 Å². The van der Waals surface area contributed by atoms with Gasteiger partial charge in [0.1, 0.15) is 0 Å². The van der Waals surface area contributed by atoms with Gasteiger partial charge in [0.05, 0.1) is 19.1 Å². The zero-order valence-electron chi connectivity index (χ0n) is 14.5. The first-order chi connectivity index (χ1) is 12.2. The first-order valence-corrected chi connectivity index (χ1v) is 8.67. The summed E-state index contributed by atoms with van der Waals surface area (Å²) in [4.78, 5) is 27.7. The number of amides is 1. The molecule has 3 rings (SSSR count). The molecule has 1 aliphatic rings. The molecule has 4 nitrogen and oxygen atoms in total. The van der Waals surface area contributed by atoms with E-state index in [0.29, 0.717) is 31.9 Å². The molecule has 25 heavy (non-hydrogen) atoms.